The molecule has 0 aromatic rings. The van der Waals surface area contributed by atoms with Crippen LogP contribution in [0.4, 0.5) is 0 Å². The van der Waals surface area contributed by atoms with E-state index in [1.807, 2.05) is 13.8 Å². The smallest absolute Gasteiger partial charge is 0.158 e. The lowest BCUT2D eigenvalue weighted by Crippen LogP contribution is -2.08. The highest BCUT2D eigenvalue weighted by Gasteiger charge is 2.11. The zero-order valence-corrected chi connectivity index (χ0v) is 29.7. The van der Waals surface area contributed by atoms with Gasteiger partial charge in [-0.15, -0.1) is 19.3 Å². The van der Waals surface area contributed by atoms with Crippen LogP contribution in [-0.2, 0) is 4.79 Å². The van der Waals surface area contributed by atoms with Crippen LogP contribution in [0.5, 0.6) is 0 Å². The molecule has 0 spiro atoms. The standard InChI is InChI=1S/C15H4.C10H18O.C10H22.C10H2.H2O.H2/c1-3-5-7-9-11-13-15-14-12-10-8-6-4-2;1-5-9(6-2)8(4)10(11)7-3;1-5-8-9(4)10(6-2)7-3;1-3-5-7-9-10-8-6-4-2;;/h1H,2H3;5-7H2,1-4H3;9-10H,5-8H2,1-4H3;1-2H;1H2;1H. The molecule has 0 aliphatic rings. The number of rotatable bonds is 9. The molecular weight excluding hydrogens is 572 g/mol. The van der Waals surface area contributed by atoms with Gasteiger partial charge in [0.1, 0.15) is 0 Å². The van der Waals surface area contributed by atoms with Crippen LogP contribution in [0.15, 0.2) is 11.1 Å². The Morgan fingerprint density at radius 1 is 0.574 bits per heavy atom. The third kappa shape index (κ3) is 40.1. The number of hydrogen-bond acceptors (Lipinski definition) is 1. The highest BCUT2D eigenvalue weighted by Crippen LogP contribution is 2.22. The number of carbonyl (C=O) groups excluding carboxylic acids is 1. The fourth-order valence-corrected chi connectivity index (χ4v) is 3.60. The molecule has 0 radical (unpaired) electrons. The summed E-state index contributed by atoms with van der Waals surface area (Å²) in [5.41, 5.74) is 2.29. The molecule has 0 amide bonds. The fraction of sp³-hybridized carbons (Fsp3) is 0.400. The second-order valence-electron chi connectivity index (χ2n) is 8.86. The Kier molecular flexibility index (Phi) is 48.0. The molecule has 242 valence electrons. The average molecular weight is 623 g/mol. The first-order chi connectivity index (χ1) is 22.3. The normalized spacial score (nSPS) is 7.13. The topological polar surface area (TPSA) is 48.6 Å². The van der Waals surface area contributed by atoms with Crippen molar-refractivity contribution in [2.24, 2.45) is 11.8 Å². The number of hydrogen-bond donors (Lipinski definition) is 0. The van der Waals surface area contributed by atoms with E-state index in [0.717, 1.165) is 30.3 Å². The molecule has 47 heavy (non-hydrogen) atoms. The van der Waals surface area contributed by atoms with Crippen molar-refractivity contribution in [3.05, 3.63) is 11.1 Å². The Bertz CT molecular complexity index is 1610. The summed E-state index contributed by atoms with van der Waals surface area (Å²) >= 11 is 0. The molecule has 2 nitrogen and oxygen atoms in total. The average Bonchev–Trinajstić information content (AvgIpc) is 3.07. The summed E-state index contributed by atoms with van der Waals surface area (Å²) in [6, 6.07) is 0. The second kappa shape index (κ2) is 44.5. The van der Waals surface area contributed by atoms with E-state index in [4.69, 9.17) is 19.3 Å². The van der Waals surface area contributed by atoms with Crippen LogP contribution in [0, 0.1) is 155 Å². The van der Waals surface area contributed by atoms with E-state index in [9.17, 15) is 4.79 Å². The SMILES string of the molecule is C#CC#CC#CC#CC#C.C#CC#CC#CC#CC#CC#CC#CC.CCC(=O)C(C)=C(CC)CC.CCCC(C)C(CC)CC.O.[HH]. The minimum atomic E-state index is 0. The van der Waals surface area contributed by atoms with Crippen LogP contribution in [0.2, 0.25) is 0 Å². The lowest BCUT2D eigenvalue weighted by Gasteiger charge is -2.19. The van der Waals surface area contributed by atoms with Crippen molar-refractivity contribution in [3.8, 4) is 144 Å². The molecule has 2 N–H and O–H groups in total. The Balaban J connectivity index is -0.000000123. The van der Waals surface area contributed by atoms with Gasteiger partial charge < -0.3 is 5.48 Å². The quantitative estimate of drug-likeness (QED) is 0.197. The Morgan fingerprint density at radius 3 is 1.13 bits per heavy atom. The molecule has 2 heteroatoms. The molecule has 0 aromatic carbocycles. The van der Waals surface area contributed by atoms with Crippen molar-refractivity contribution in [3.63, 3.8) is 0 Å². The highest BCUT2D eigenvalue weighted by molar-refractivity contribution is 5.95. The van der Waals surface area contributed by atoms with Crippen LogP contribution in [0.3, 0.4) is 0 Å². The molecule has 0 aliphatic heterocycles. The van der Waals surface area contributed by atoms with E-state index in [2.05, 4.69) is 166 Å². The van der Waals surface area contributed by atoms with Gasteiger partial charge >= 0.3 is 0 Å². The maximum atomic E-state index is 11.2. The maximum absolute atomic E-state index is 11.2. The lowest BCUT2D eigenvalue weighted by molar-refractivity contribution is -0.115. The van der Waals surface area contributed by atoms with E-state index < -0.39 is 0 Å². The Labute approximate surface area is 290 Å². The predicted molar refractivity (Wildman–Crippen MR) is 205 cm³/mol. The number of ketones is 1. The van der Waals surface area contributed by atoms with Crippen LogP contribution < -0.4 is 0 Å². The monoisotopic (exact) mass is 622 g/mol. The van der Waals surface area contributed by atoms with Gasteiger partial charge in [0.25, 0.3) is 0 Å². The van der Waals surface area contributed by atoms with E-state index in [1.165, 1.54) is 31.3 Å². The van der Waals surface area contributed by atoms with Crippen LogP contribution in [-0.4, -0.2) is 11.3 Å². The van der Waals surface area contributed by atoms with Crippen LogP contribution in [0.25, 0.3) is 0 Å². The number of allylic oxidation sites excluding steroid dienone is 2. The van der Waals surface area contributed by atoms with Gasteiger partial charge in [-0.1, -0.05) is 85.6 Å². The lowest BCUT2D eigenvalue weighted by atomic mass is 9.86. The Hall–Kier alpha value is -5.91. The summed E-state index contributed by atoms with van der Waals surface area (Å²) in [5, 5.41) is 0. The molecule has 0 rings (SSSR count). The van der Waals surface area contributed by atoms with E-state index >= 15 is 0 Å². The summed E-state index contributed by atoms with van der Waals surface area (Å²) in [7, 11) is 0. The molecule has 0 fully saturated rings. The van der Waals surface area contributed by atoms with Crippen molar-refractivity contribution in [1.82, 2.24) is 0 Å². The molecule has 0 bridgehead atoms. The van der Waals surface area contributed by atoms with E-state index in [1.54, 1.807) is 6.92 Å². The van der Waals surface area contributed by atoms with Gasteiger partial charge in [-0.2, -0.15) is 0 Å². The molecule has 0 aromatic heterocycles. The molecule has 1 unspecified atom stereocenters. The van der Waals surface area contributed by atoms with Gasteiger partial charge in [0.15, 0.2) is 5.78 Å². The minimum absolute atomic E-state index is 0. The van der Waals surface area contributed by atoms with Gasteiger partial charge in [0.05, 0.1) is 0 Å². The summed E-state index contributed by atoms with van der Waals surface area (Å²) in [5.74, 6) is 52.5. The predicted octanol–water partition coefficient (Wildman–Crippen LogP) is 7.31. The molecule has 0 heterocycles. The largest absolute Gasteiger partial charge is 0.412 e. The van der Waals surface area contributed by atoms with Crippen LogP contribution >= 0.6 is 0 Å². The first kappa shape index (κ1) is 50.7. The zero-order valence-electron chi connectivity index (χ0n) is 29.7. The summed E-state index contributed by atoms with van der Waals surface area (Å²) in [6.07, 6.45) is 22.6. The second-order valence-corrected chi connectivity index (χ2v) is 8.86. The fourth-order valence-electron chi connectivity index (χ4n) is 3.60. The van der Waals surface area contributed by atoms with Crippen molar-refractivity contribution < 1.29 is 11.7 Å². The van der Waals surface area contributed by atoms with Gasteiger partial charge in [0, 0.05) is 7.85 Å². The maximum Gasteiger partial charge on any atom is 0.158 e. The highest BCUT2D eigenvalue weighted by atomic mass is 16.1. The first-order valence-electron chi connectivity index (χ1n) is 15.3. The summed E-state index contributed by atoms with van der Waals surface area (Å²) in [4.78, 5) is 11.2. The van der Waals surface area contributed by atoms with Crippen molar-refractivity contribution in [2.75, 3.05) is 0 Å². The molecule has 1 atom stereocenters. The number of carbonyl (C=O) groups is 1. The Morgan fingerprint density at radius 2 is 0.894 bits per heavy atom. The molecule has 0 saturated carbocycles. The van der Waals surface area contributed by atoms with Crippen LogP contribution in [0.1, 0.15) is 109 Å². The van der Waals surface area contributed by atoms with E-state index in [0.29, 0.717) is 12.2 Å². The third-order valence-corrected chi connectivity index (χ3v) is 6.00. The minimum Gasteiger partial charge on any atom is -0.412 e. The molecular formula is C45H50O2. The molecule has 0 aliphatic carbocycles. The van der Waals surface area contributed by atoms with E-state index in [-0.39, 0.29) is 6.90 Å². The van der Waals surface area contributed by atoms with Gasteiger partial charge in [0.2, 0.25) is 0 Å². The third-order valence-electron chi connectivity index (χ3n) is 6.00. The summed E-state index contributed by atoms with van der Waals surface area (Å²) < 4.78 is 0. The zero-order chi connectivity index (χ0) is 35.7. The number of Topliss-reactive ketones (excluding diaryl/α,β-unsaturated/α-hetero) is 1. The van der Waals surface area contributed by atoms with Crippen molar-refractivity contribution in [1.29, 1.82) is 0 Å². The first-order valence-corrected chi connectivity index (χ1v) is 15.3. The summed E-state index contributed by atoms with van der Waals surface area (Å²) in [6.45, 7) is 19.0. The van der Waals surface area contributed by atoms with Gasteiger partial charge in [-0.25, -0.2) is 0 Å². The molecule has 0 saturated heterocycles. The van der Waals surface area contributed by atoms with Crippen molar-refractivity contribution >= 4 is 5.78 Å². The number of terminal acetylenes is 3. The van der Waals surface area contributed by atoms with Gasteiger partial charge in [-0.05, 0) is 163 Å². The van der Waals surface area contributed by atoms with Crippen molar-refractivity contribution in [2.45, 2.75) is 107 Å². The van der Waals surface area contributed by atoms with Gasteiger partial charge in [-0.3, -0.25) is 4.79 Å².